The SMILES string of the molecule is C[Si](C)(C)c1ccccc1Cc1cccc(O)c1. The summed E-state index contributed by atoms with van der Waals surface area (Å²) in [5.41, 5.74) is 2.56. The second-order valence-electron chi connectivity index (χ2n) is 5.75. The van der Waals surface area contributed by atoms with Crippen LogP contribution in [-0.4, -0.2) is 13.2 Å². The molecule has 0 atom stereocenters. The van der Waals surface area contributed by atoms with E-state index in [1.54, 1.807) is 6.07 Å². The van der Waals surface area contributed by atoms with Gasteiger partial charge < -0.3 is 5.11 Å². The van der Waals surface area contributed by atoms with E-state index in [0.717, 1.165) is 6.42 Å². The Balaban J connectivity index is 2.35. The monoisotopic (exact) mass is 256 g/mol. The zero-order chi connectivity index (χ0) is 13.2. The number of hydrogen-bond acceptors (Lipinski definition) is 1. The first kappa shape index (κ1) is 12.9. The first-order chi connectivity index (χ1) is 8.47. The molecule has 1 nitrogen and oxygen atoms in total. The highest BCUT2D eigenvalue weighted by molar-refractivity contribution is 6.89. The van der Waals surface area contributed by atoms with Crippen LogP contribution in [0.3, 0.4) is 0 Å². The van der Waals surface area contributed by atoms with Gasteiger partial charge >= 0.3 is 0 Å². The van der Waals surface area contributed by atoms with E-state index >= 15 is 0 Å². The lowest BCUT2D eigenvalue weighted by Crippen LogP contribution is -2.40. The molecule has 0 aromatic heterocycles. The maximum Gasteiger partial charge on any atom is 0.115 e. The third kappa shape index (κ3) is 3.02. The minimum Gasteiger partial charge on any atom is -0.508 e. The summed E-state index contributed by atoms with van der Waals surface area (Å²) in [6.45, 7) is 7.11. The summed E-state index contributed by atoms with van der Waals surface area (Å²) in [5, 5.41) is 11.0. The van der Waals surface area contributed by atoms with Crippen LogP contribution in [0.2, 0.25) is 19.6 Å². The van der Waals surface area contributed by atoms with Gasteiger partial charge in [0.25, 0.3) is 0 Å². The maximum atomic E-state index is 9.53. The van der Waals surface area contributed by atoms with Crippen LogP contribution in [0.4, 0.5) is 0 Å². The molecule has 2 aromatic rings. The summed E-state index contributed by atoms with van der Waals surface area (Å²) in [7, 11) is -1.31. The lowest BCUT2D eigenvalue weighted by molar-refractivity contribution is 0.474. The van der Waals surface area contributed by atoms with Crippen molar-refractivity contribution in [2.24, 2.45) is 0 Å². The van der Waals surface area contributed by atoms with Crippen molar-refractivity contribution in [3.63, 3.8) is 0 Å². The van der Waals surface area contributed by atoms with Crippen molar-refractivity contribution < 1.29 is 5.11 Å². The Hall–Kier alpha value is -1.54. The molecule has 0 heterocycles. The fourth-order valence-corrected chi connectivity index (χ4v) is 4.02. The van der Waals surface area contributed by atoms with Crippen molar-refractivity contribution in [2.75, 3.05) is 0 Å². The number of phenolic OH excluding ortho intramolecular Hbond substituents is 1. The third-order valence-corrected chi connectivity index (χ3v) is 5.23. The number of hydrogen-bond donors (Lipinski definition) is 1. The molecule has 0 saturated heterocycles. The predicted octanol–water partition coefficient (Wildman–Crippen LogP) is 3.53. The molecular formula is C16H20OSi. The van der Waals surface area contributed by atoms with Gasteiger partial charge in [-0.25, -0.2) is 0 Å². The summed E-state index contributed by atoms with van der Waals surface area (Å²) in [6.07, 6.45) is 0.898. The van der Waals surface area contributed by atoms with Crippen LogP contribution in [0.1, 0.15) is 11.1 Å². The molecule has 0 saturated carbocycles. The lowest BCUT2D eigenvalue weighted by atomic mass is 10.0. The molecule has 0 unspecified atom stereocenters. The average molecular weight is 256 g/mol. The van der Waals surface area contributed by atoms with Gasteiger partial charge in [0.1, 0.15) is 5.75 Å². The lowest BCUT2D eigenvalue weighted by Gasteiger charge is -2.21. The van der Waals surface area contributed by atoms with Crippen molar-refractivity contribution in [3.05, 3.63) is 59.7 Å². The van der Waals surface area contributed by atoms with Crippen LogP contribution in [0, 0.1) is 0 Å². The fraction of sp³-hybridized carbons (Fsp3) is 0.250. The topological polar surface area (TPSA) is 20.2 Å². The fourth-order valence-electron chi connectivity index (χ4n) is 2.29. The van der Waals surface area contributed by atoms with Crippen LogP contribution in [0.5, 0.6) is 5.75 Å². The Bertz CT molecular complexity index is 541. The number of aromatic hydroxyl groups is 1. The highest BCUT2D eigenvalue weighted by atomic mass is 28.3. The van der Waals surface area contributed by atoms with Gasteiger partial charge in [-0.15, -0.1) is 0 Å². The maximum absolute atomic E-state index is 9.53. The summed E-state index contributed by atoms with van der Waals surface area (Å²) >= 11 is 0. The van der Waals surface area contributed by atoms with Gasteiger partial charge in [-0.05, 0) is 29.7 Å². The number of benzene rings is 2. The standard InChI is InChI=1S/C16H20OSi/c1-18(2,3)16-10-5-4-8-14(16)11-13-7-6-9-15(17)12-13/h4-10,12,17H,11H2,1-3H3. The minimum atomic E-state index is -1.31. The molecule has 2 heteroatoms. The first-order valence-corrected chi connectivity index (χ1v) is 9.83. The Morgan fingerprint density at radius 3 is 2.33 bits per heavy atom. The van der Waals surface area contributed by atoms with E-state index in [2.05, 4.69) is 50.0 Å². The van der Waals surface area contributed by atoms with Crippen LogP contribution in [0.25, 0.3) is 0 Å². The van der Waals surface area contributed by atoms with E-state index in [9.17, 15) is 5.11 Å². The Morgan fingerprint density at radius 1 is 0.944 bits per heavy atom. The second kappa shape index (κ2) is 4.98. The zero-order valence-corrected chi connectivity index (χ0v) is 12.3. The second-order valence-corrected chi connectivity index (χ2v) is 10.8. The molecule has 0 amide bonds. The van der Waals surface area contributed by atoms with Crippen molar-refractivity contribution in [3.8, 4) is 5.75 Å². The quantitative estimate of drug-likeness (QED) is 0.833. The number of phenols is 1. The van der Waals surface area contributed by atoms with Crippen molar-refractivity contribution in [2.45, 2.75) is 26.1 Å². The van der Waals surface area contributed by atoms with Gasteiger partial charge in [-0.1, -0.05) is 61.2 Å². The van der Waals surface area contributed by atoms with Crippen LogP contribution < -0.4 is 5.19 Å². The van der Waals surface area contributed by atoms with Crippen LogP contribution in [-0.2, 0) is 6.42 Å². The van der Waals surface area contributed by atoms with Gasteiger partial charge in [-0.2, -0.15) is 0 Å². The Morgan fingerprint density at radius 2 is 1.67 bits per heavy atom. The first-order valence-electron chi connectivity index (χ1n) is 6.33. The normalized spacial score (nSPS) is 11.5. The van der Waals surface area contributed by atoms with Gasteiger partial charge in [0.2, 0.25) is 0 Å². The largest absolute Gasteiger partial charge is 0.508 e. The van der Waals surface area contributed by atoms with Crippen molar-refractivity contribution >= 4 is 13.3 Å². The smallest absolute Gasteiger partial charge is 0.115 e. The molecule has 0 aliphatic heterocycles. The molecule has 1 N–H and O–H groups in total. The molecule has 0 radical (unpaired) electrons. The predicted molar refractivity (Wildman–Crippen MR) is 80.3 cm³/mol. The van der Waals surface area contributed by atoms with E-state index in [0.29, 0.717) is 5.75 Å². The van der Waals surface area contributed by atoms with E-state index in [-0.39, 0.29) is 0 Å². The van der Waals surface area contributed by atoms with Gasteiger partial charge in [-0.3, -0.25) is 0 Å². The molecule has 0 fully saturated rings. The van der Waals surface area contributed by atoms with E-state index < -0.39 is 8.07 Å². The summed E-state index contributed by atoms with van der Waals surface area (Å²) in [6, 6.07) is 16.2. The average Bonchev–Trinajstić information content (AvgIpc) is 2.28. The Labute approximate surface area is 110 Å². The van der Waals surface area contributed by atoms with Crippen LogP contribution >= 0.6 is 0 Å². The Kier molecular flexibility index (Phi) is 3.57. The molecule has 18 heavy (non-hydrogen) atoms. The highest BCUT2D eigenvalue weighted by Gasteiger charge is 2.19. The molecule has 0 spiro atoms. The molecule has 2 rings (SSSR count). The number of rotatable bonds is 3. The molecule has 94 valence electrons. The molecular weight excluding hydrogens is 236 g/mol. The molecule has 0 aliphatic carbocycles. The van der Waals surface area contributed by atoms with Gasteiger partial charge in [0, 0.05) is 0 Å². The highest BCUT2D eigenvalue weighted by Crippen LogP contribution is 2.16. The minimum absolute atomic E-state index is 0.345. The zero-order valence-electron chi connectivity index (χ0n) is 11.3. The van der Waals surface area contributed by atoms with Gasteiger partial charge in [0.15, 0.2) is 0 Å². The molecule has 0 aliphatic rings. The summed E-state index contributed by atoms with van der Waals surface area (Å²) in [4.78, 5) is 0. The van der Waals surface area contributed by atoms with E-state index in [1.165, 1.54) is 16.3 Å². The molecule has 0 bridgehead atoms. The summed E-state index contributed by atoms with van der Waals surface area (Å²) < 4.78 is 0. The van der Waals surface area contributed by atoms with E-state index in [1.807, 2.05) is 12.1 Å². The van der Waals surface area contributed by atoms with E-state index in [4.69, 9.17) is 0 Å². The van der Waals surface area contributed by atoms with Crippen LogP contribution in [0.15, 0.2) is 48.5 Å². The summed E-state index contributed by atoms with van der Waals surface area (Å²) in [5.74, 6) is 0.345. The van der Waals surface area contributed by atoms with Crippen molar-refractivity contribution in [1.82, 2.24) is 0 Å². The van der Waals surface area contributed by atoms with Gasteiger partial charge in [0.05, 0.1) is 8.07 Å². The third-order valence-electron chi connectivity index (χ3n) is 3.13. The van der Waals surface area contributed by atoms with Crippen molar-refractivity contribution in [1.29, 1.82) is 0 Å². The molecule has 2 aromatic carbocycles.